The Hall–Kier alpha value is -0.930. The molecule has 0 fully saturated rings. The first kappa shape index (κ1) is 11.1. The molecule has 1 aromatic heterocycles. The molecule has 1 heterocycles. The normalized spacial score (nSPS) is 10.8. The molecule has 1 rings (SSSR count). The molecule has 0 aliphatic rings. The van der Waals surface area contributed by atoms with Crippen LogP contribution in [0.2, 0.25) is 0 Å². The standard InChI is InChI=1S/C11H18N2O/c1-2-13(8-3-9-14)10-11-4-6-12-7-5-11/h4-7,14H,2-3,8-10H2,1H3. The fraction of sp³-hybridized carbons (Fsp3) is 0.545. The molecule has 0 saturated heterocycles. The van der Waals surface area contributed by atoms with Crippen molar-refractivity contribution in [1.82, 2.24) is 9.88 Å². The Morgan fingerprint density at radius 2 is 2.07 bits per heavy atom. The van der Waals surface area contributed by atoms with Gasteiger partial charge in [-0.1, -0.05) is 6.92 Å². The van der Waals surface area contributed by atoms with Crippen molar-refractivity contribution in [3.05, 3.63) is 30.1 Å². The van der Waals surface area contributed by atoms with Gasteiger partial charge < -0.3 is 5.11 Å². The molecule has 1 aromatic rings. The van der Waals surface area contributed by atoms with Crippen molar-refractivity contribution in [3.8, 4) is 0 Å². The van der Waals surface area contributed by atoms with Crippen LogP contribution in [0.3, 0.4) is 0 Å². The van der Waals surface area contributed by atoms with Crippen LogP contribution >= 0.6 is 0 Å². The van der Waals surface area contributed by atoms with E-state index in [1.54, 1.807) is 0 Å². The highest BCUT2D eigenvalue weighted by atomic mass is 16.3. The Labute approximate surface area is 85.4 Å². The third-order valence-corrected chi connectivity index (χ3v) is 2.24. The van der Waals surface area contributed by atoms with Crippen molar-refractivity contribution < 1.29 is 5.11 Å². The van der Waals surface area contributed by atoms with E-state index in [1.165, 1.54) is 5.56 Å². The van der Waals surface area contributed by atoms with Crippen molar-refractivity contribution in [2.45, 2.75) is 19.9 Å². The van der Waals surface area contributed by atoms with Crippen LogP contribution in [-0.2, 0) is 6.54 Å². The van der Waals surface area contributed by atoms with Gasteiger partial charge in [0.05, 0.1) is 0 Å². The summed E-state index contributed by atoms with van der Waals surface area (Å²) < 4.78 is 0. The first-order valence-electron chi connectivity index (χ1n) is 5.09. The highest BCUT2D eigenvalue weighted by Crippen LogP contribution is 2.03. The van der Waals surface area contributed by atoms with E-state index in [0.717, 1.165) is 26.1 Å². The molecule has 0 aliphatic carbocycles. The molecule has 78 valence electrons. The molecule has 0 amide bonds. The summed E-state index contributed by atoms with van der Waals surface area (Å²) in [6.45, 7) is 5.32. The maximum absolute atomic E-state index is 8.74. The second-order valence-corrected chi connectivity index (χ2v) is 3.30. The van der Waals surface area contributed by atoms with E-state index < -0.39 is 0 Å². The minimum absolute atomic E-state index is 0.271. The minimum atomic E-state index is 0.271. The van der Waals surface area contributed by atoms with Gasteiger partial charge in [0.1, 0.15) is 0 Å². The molecule has 1 N–H and O–H groups in total. The fourth-order valence-electron chi connectivity index (χ4n) is 1.39. The quantitative estimate of drug-likeness (QED) is 0.741. The van der Waals surface area contributed by atoms with Crippen LogP contribution in [0.4, 0.5) is 0 Å². The average Bonchev–Trinajstić information content (AvgIpc) is 2.25. The second kappa shape index (κ2) is 6.51. The molecule has 0 bridgehead atoms. The van der Waals surface area contributed by atoms with E-state index in [9.17, 15) is 0 Å². The lowest BCUT2D eigenvalue weighted by atomic mass is 10.2. The number of pyridine rings is 1. The molecule has 0 unspecified atom stereocenters. The average molecular weight is 194 g/mol. The van der Waals surface area contributed by atoms with Crippen molar-refractivity contribution >= 4 is 0 Å². The molecule has 0 atom stereocenters. The number of aliphatic hydroxyl groups excluding tert-OH is 1. The van der Waals surface area contributed by atoms with E-state index in [0.29, 0.717) is 0 Å². The lowest BCUT2D eigenvalue weighted by Gasteiger charge is -2.19. The van der Waals surface area contributed by atoms with Gasteiger partial charge in [-0.05, 0) is 30.7 Å². The number of hydrogen-bond donors (Lipinski definition) is 1. The third-order valence-electron chi connectivity index (χ3n) is 2.24. The Kier molecular flexibility index (Phi) is 5.19. The molecular formula is C11H18N2O. The summed E-state index contributed by atoms with van der Waals surface area (Å²) in [6.07, 6.45) is 4.48. The van der Waals surface area contributed by atoms with Crippen LogP contribution in [0, 0.1) is 0 Å². The molecule has 3 heteroatoms. The predicted octanol–water partition coefficient (Wildman–Crippen LogP) is 1.29. The predicted molar refractivity (Wildman–Crippen MR) is 56.9 cm³/mol. The Bertz CT molecular complexity index is 238. The van der Waals surface area contributed by atoms with Gasteiger partial charge in [-0.3, -0.25) is 9.88 Å². The zero-order chi connectivity index (χ0) is 10.2. The van der Waals surface area contributed by atoms with Crippen molar-refractivity contribution in [2.75, 3.05) is 19.7 Å². The summed E-state index contributed by atoms with van der Waals surface area (Å²) in [7, 11) is 0. The number of nitrogens with zero attached hydrogens (tertiary/aromatic N) is 2. The summed E-state index contributed by atoms with van der Waals surface area (Å²) in [5.41, 5.74) is 1.28. The largest absolute Gasteiger partial charge is 0.396 e. The molecule has 14 heavy (non-hydrogen) atoms. The molecule has 0 aromatic carbocycles. The summed E-state index contributed by atoms with van der Waals surface area (Å²) in [5.74, 6) is 0. The Morgan fingerprint density at radius 1 is 1.36 bits per heavy atom. The number of aliphatic hydroxyl groups is 1. The fourth-order valence-corrected chi connectivity index (χ4v) is 1.39. The van der Waals surface area contributed by atoms with Gasteiger partial charge in [0.15, 0.2) is 0 Å². The van der Waals surface area contributed by atoms with Gasteiger partial charge in [-0.2, -0.15) is 0 Å². The minimum Gasteiger partial charge on any atom is -0.396 e. The summed E-state index contributed by atoms with van der Waals surface area (Å²) in [6, 6.07) is 4.06. The van der Waals surface area contributed by atoms with Crippen LogP contribution in [0.1, 0.15) is 18.9 Å². The molecule has 0 aliphatic heterocycles. The van der Waals surface area contributed by atoms with Gasteiger partial charge >= 0.3 is 0 Å². The molecule has 3 nitrogen and oxygen atoms in total. The Balaban J connectivity index is 2.40. The second-order valence-electron chi connectivity index (χ2n) is 3.30. The smallest absolute Gasteiger partial charge is 0.0443 e. The third kappa shape index (κ3) is 3.85. The van der Waals surface area contributed by atoms with Gasteiger partial charge in [0.2, 0.25) is 0 Å². The van der Waals surface area contributed by atoms with E-state index in [2.05, 4.69) is 16.8 Å². The van der Waals surface area contributed by atoms with E-state index in [1.807, 2.05) is 24.5 Å². The topological polar surface area (TPSA) is 36.4 Å². The van der Waals surface area contributed by atoms with Gasteiger partial charge in [0.25, 0.3) is 0 Å². The first-order chi connectivity index (χ1) is 6.86. The van der Waals surface area contributed by atoms with Crippen LogP contribution in [0.25, 0.3) is 0 Å². The van der Waals surface area contributed by atoms with Crippen LogP contribution in [0.15, 0.2) is 24.5 Å². The van der Waals surface area contributed by atoms with Crippen molar-refractivity contribution in [3.63, 3.8) is 0 Å². The lowest BCUT2D eigenvalue weighted by Crippen LogP contribution is -2.24. The number of hydrogen-bond acceptors (Lipinski definition) is 3. The van der Waals surface area contributed by atoms with Crippen LogP contribution in [0.5, 0.6) is 0 Å². The zero-order valence-corrected chi connectivity index (χ0v) is 8.69. The summed E-state index contributed by atoms with van der Waals surface area (Å²) in [4.78, 5) is 6.29. The van der Waals surface area contributed by atoms with Gasteiger partial charge in [-0.15, -0.1) is 0 Å². The van der Waals surface area contributed by atoms with E-state index >= 15 is 0 Å². The van der Waals surface area contributed by atoms with Crippen molar-refractivity contribution in [1.29, 1.82) is 0 Å². The molecular weight excluding hydrogens is 176 g/mol. The zero-order valence-electron chi connectivity index (χ0n) is 8.69. The van der Waals surface area contributed by atoms with Crippen LogP contribution in [-0.4, -0.2) is 34.7 Å². The maximum Gasteiger partial charge on any atom is 0.0443 e. The van der Waals surface area contributed by atoms with E-state index in [4.69, 9.17) is 5.11 Å². The number of aromatic nitrogens is 1. The molecule has 0 saturated carbocycles. The SMILES string of the molecule is CCN(CCCO)Cc1ccncc1. The monoisotopic (exact) mass is 194 g/mol. The van der Waals surface area contributed by atoms with E-state index in [-0.39, 0.29) is 6.61 Å². The highest BCUT2D eigenvalue weighted by molar-refractivity contribution is 5.09. The molecule has 0 radical (unpaired) electrons. The summed E-state index contributed by atoms with van der Waals surface area (Å²) in [5, 5.41) is 8.74. The maximum atomic E-state index is 8.74. The van der Waals surface area contributed by atoms with Gasteiger partial charge in [0, 0.05) is 32.1 Å². The lowest BCUT2D eigenvalue weighted by molar-refractivity contribution is 0.225. The Morgan fingerprint density at radius 3 is 2.64 bits per heavy atom. The van der Waals surface area contributed by atoms with Crippen LogP contribution < -0.4 is 0 Å². The molecule has 0 spiro atoms. The first-order valence-corrected chi connectivity index (χ1v) is 5.09. The van der Waals surface area contributed by atoms with Gasteiger partial charge in [-0.25, -0.2) is 0 Å². The van der Waals surface area contributed by atoms with Crippen molar-refractivity contribution in [2.24, 2.45) is 0 Å². The highest BCUT2D eigenvalue weighted by Gasteiger charge is 2.02. The number of rotatable bonds is 6. The summed E-state index contributed by atoms with van der Waals surface area (Å²) >= 11 is 0.